The SMILES string of the molecule is CCCc1cnc(C#N)c(N)n1. The first kappa shape index (κ1) is 8.47. The lowest BCUT2D eigenvalue weighted by molar-refractivity contribution is 0.871. The molecule has 0 spiro atoms. The number of aromatic nitrogens is 2. The van der Waals surface area contributed by atoms with Crippen LogP contribution in [-0.2, 0) is 6.42 Å². The van der Waals surface area contributed by atoms with E-state index in [0.717, 1.165) is 18.5 Å². The van der Waals surface area contributed by atoms with Crippen LogP contribution in [-0.4, -0.2) is 9.97 Å². The second-order valence-electron chi connectivity index (χ2n) is 2.46. The molecule has 0 saturated carbocycles. The van der Waals surface area contributed by atoms with E-state index in [2.05, 4.69) is 16.9 Å². The molecule has 1 heterocycles. The Morgan fingerprint density at radius 1 is 1.67 bits per heavy atom. The van der Waals surface area contributed by atoms with Gasteiger partial charge in [-0.15, -0.1) is 0 Å². The van der Waals surface area contributed by atoms with Crippen molar-refractivity contribution in [2.75, 3.05) is 5.73 Å². The molecule has 1 rings (SSSR count). The number of nitrogens with zero attached hydrogens (tertiary/aromatic N) is 3. The molecule has 0 aliphatic carbocycles. The highest BCUT2D eigenvalue weighted by atomic mass is 14.9. The van der Waals surface area contributed by atoms with Gasteiger partial charge in [0, 0.05) is 0 Å². The van der Waals surface area contributed by atoms with Crippen LogP contribution in [0.1, 0.15) is 24.7 Å². The molecule has 0 amide bonds. The van der Waals surface area contributed by atoms with Gasteiger partial charge < -0.3 is 5.73 Å². The van der Waals surface area contributed by atoms with Crippen LogP contribution in [0, 0.1) is 11.3 Å². The molecule has 0 radical (unpaired) electrons. The average Bonchev–Trinajstić information content (AvgIpc) is 2.05. The maximum Gasteiger partial charge on any atom is 0.182 e. The average molecular weight is 162 g/mol. The normalized spacial score (nSPS) is 9.33. The summed E-state index contributed by atoms with van der Waals surface area (Å²) in [6, 6.07) is 1.87. The highest BCUT2D eigenvalue weighted by Crippen LogP contribution is 2.05. The Morgan fingerprint density at radius 3 is 2.92 bits per heavy atom. The van der Waals surface area contributed by atoms with E-state index in [1.807, 2.05) is 6.07 Å². The van der Waals surface area contributed by atoms with Crippen molar-refractivity contribution >= 4 is 5.82 Å². The van der Waals surface area contributed by atoms with Crippen molar-refractivity contribution in [1.29, 1.82) is 5.26 Å². The first-order valence-electron chi connectivity index (χ1n) is 3.79. The van der Waals surface area contributed by atoms with E-state index < -0.39 is 0 Å². The minimum atomic E-state index is 0.204. The third-order valence-corrected chi connectivity index (χ3v) is 1.46. The van der Waals surface area contributed by atoms with Gasteiger partial charge in [-0.1, -0.05) is 13.3 Å². The largest absolute Gasteiger partial charge is 0.381 e. The van der Waals surface area contributed by atoms with Crippen LogP contribution in [0.5, 0.6) is 0 Å². The lowest BCUT2D eigenvalue weighted by Crippen LogP contribution is -2.01. The van der Waals surface area contributed by atoms with E-state index in [-0.39, 0.29) is 11.5 Å². The molecule has 0 fully saturated rings. The van der Waals surface area contributed by atoms with Gasteiger partial charge >= 0.3 is 0 Å². The molecular weight excluding hydrogens is 152 g/mol. The van der Waals surface area contributed by atoms with Crippen molar-refractivity contribution in [1.82, 2.24) is 9.97 Å². The van der Waals surface area contributed by atoms with Crippen LogP contribution in [0.25, 0.3) is 0 Å². The molecule has 0 aliphatic heterocycles. The van der Waals surface area contributed by atoms with Crippen LogP contribution < -0.4 is 5.73 Å². The summed E-state index contributed by atoms with van der Waals surface area (Å²) in [7, 11) is 0. The molecule has 0 aliphatic rings. The maximum absolute atomic E-state index is 8.51. The minimum Gasteiger partial charge on any atom is -0.381 e. The van der Waals surface area contributed by atoms with Crippen molar-refractivity contribution < 1.29 is 0 Å². The van der Waals surface area contributed by atoms with Crippen molar-refractivity contribution in [2.45, 2.75) is 19.8 Å². The summed E-state index contributed by atoms with van der Waals surface area (Å²) in [6.07, 6.45) is 3.45. The summed E-state index contributed by atoms with van der Waals surface area (Å²) >= 11 is 0. The number of nitriles is 1. The predicted octanol–water partition coefficient (Wildman–Crippen LogP) is 0.883. The van der Waals surface area contributed by atoms with Gasteiger partial charge in [-0.05, 0) is 6.42 Å². The predicted molar refractivity (Wildman–Crippen MR) is 45.2 cm³/mol. The second-order valence-corrected chi connectivity index (χ2v) is 2.46. The van der Waals surface area contributed by atoms with Gasteiger partial charge in [0.25, 0.3) is 0 Å². The fraction of sp³-hybridized carbons (Fsp3) is 0.375. The number of anilines is 1. The third kappa shape index (κ3) is 1.70. The molecule has 1 aromatic heterocycles. The first-order chi connectivity index (χ1) is 5.77. The van der Waals surface area contributed by atoms with Gasteiger partial charge in [-0.2, -0.15) is 5.26 Å². The molecule has 2 N–H and O–H groups in total. The standard InChI is InChI=1S/C8H10N4/c1-2-3-6-5-11-7(4-9)8(10)12-6/h5H,2-3H2,1H3,(H2,10,12). The molecule has 0 aromatic carbocycles. The van der Waals surface area contributed by atoms with Gasteiger partial charge in [-0.25, -0.2) is 9.97 Å². The van der Waals surface area contributed by atoms with Crippen LogP contribution in [0.15, 0.2) is 6.20 Å². The third-order valence-electron chi connectivity index (χ3n) is 1.46. The fourth-order valence-corrected chi connectivity index (χ4v) is 0.904. The van der Waals surface area contributed by atoms with Gasteiger partial charge in [0.2, 0.25) is 0 Å². The fourth-order valence-electron chi connectivity index (χ4n) is 0.904. The van der Waals surface area contributed by atoms with E-state index >= 15 is 0 Å². The summed E-state index contributed by atoms with van der Waals surface area (Å²) in [6.45, 7) is 2.05. The molecule has 1 aromatic rings. The van der Waals surface area contributed by atoms with Crippen LogP contribution in [0.4, 0.5) is 5.82 Å². The molecule has 0 atom stereocenters. The van der Waals surface area contributed by atoms with E-state index in [1.165, 1.54) is 0 Å². The van der Waals surface area contributed by atoms with Gasteiger partial charge in [0.05, 0.1) is 11.9 Å². The highest BCUT2D eigenvalue weighted by Gasteiger charge is 2.01. The zero-order valence-electron chi connectivity index (χ0n) is 6.91. The Labute approximate surface area is 71.1 Å². The van der Waals surface area contributed by atoms with Crippen molar-refractivity contribution in [3.8, 4) is 6.07 Å². The van der Waals surface area contributed by atoms with Gasteiger partial charge in [-0.3, -0.25) is 0 Å². The monoisotopic (exact) mass is 162 g/mol. The van der Waals surface area contributed by atoms with E-state index in [4.69, 9.17) is 11.0 Å². The Bertz CT molecular complexity index is 313. The number of aryl methyl sites for hydroxylation is 1. The number of rotatable bonds is 2. The molecular formula is C8H10N4. The maximum atomic E-state index is 8.51. The Kier molecular flexibility index (Phi) is 2.59. The Balaban J connectivity index is 2.96. The van der Waals surface area contributed by atoms with E-state index in [1.54, 1.807) is 6.20 Å². The second kappa shape index (κ2) is 3.67. The van der Waals surface area contributed by atoms with E-state index in [9.17, 15) is 0 Å². The number of nitrogen functional groups attached to an aromatic ring is 1. The number of hydrogen-bond donors (Lipinski definition) is 1. The van der Waals surface area contributed by atoms with Crippen LogP contribution in [0.2, 0.25) is 0 Å². The summed E-state index contributed by atoms with van der Waals surface area (Å²) in [4.78, 5) is 7.89. The molecule has 0 bridgehead atoms. The van der Waals surface area contributed by atoms with Crippen molar-refractivity contribution in [3.63, 3.8) is 0 Å². The van der Waals surface area contributed by atoms with Crippen molar-refractivity contribution in [3.05, 3.63) is 17.6 Å². The molecule has 4 nitrogen and oxygen atoms in total. The van der Waals surface area contributed by atoms with Crippen molar-refractivity contribution in [2.24, 2.45) is 0 Å². The number of hydrogen-bond acceptors (Lipinski definition) is 4. The van der Waals surface area contributed by atoms with Gasteiger partial charge in [0.1, 0.15) is 6.07 Å². The highest BCUT2D eigenvalue weighted by molar-refractivity contribution is 5.42. The van der Waals surface area contributed by atoms with Crippen LogP contribution in [0.3, 0.4) is 0 Å². The van der Waals surface area contributed by atoms with E-state index in [0.29, 0.717) is 0 Å². The summed E-state index contributed by atoms with van der Waals surface area (Å²) in [5, 5.41) is 8.51. The molecule has 12 heavy (non-hydrogen) atoms. The molecule has 4 heteroatoms. The molecule has 0 saturated heterocycles. The topological polar surface area (TPSA) is 75.6 Å². The lowest BCUT2D eigenvalue weighted by Gasteiger charge is -1.99. The first-order valence-corrected chi connectivity index (χ1v) is 3.79. The smallest absolute Gasteiger partial charge is 0.182 e. The van der Waals surface area contributed by atoms with Gasteiger partial charge in [0.15, 0.2) is 11.5 Å². The summed E-state index contributed by atoms with van der Waals surface area (Å²) < 4.78 is 0. The summed E-state index contributed by atoms with van der Waals surface area (Å²) in [5.41, 5.74) is 6.51. The Hall–Kier alpha value is -1.63. The zero-order chi connectivity index (χ0) is 8.97. The quantitative estimate of drug-likeness (QED) is 0.700. The number of nitrogens with two attached hydrogens (primary N) is 1. The van der Waals surface area contributed by atoms with Crippen LogP contribution >= 0.6 is 0 Å². The summed E-state index contributed by atoms with van der Waals surface area (Å²) in [5.74, 6) is 0.225. The lowest BCUT2D eigenvalue weighted by atomic mass is 10.2. The Morgan fingerprint density at radius 2 is 2.42 bits per heavy atom. The zero-order valence-corrected chi connectivity index (χ0v) is 6.91. The minimum absolute atomic E-state index is 0.204. The molecule has 62 valence electrons. The molecule has 0 unspecified atom stereocenters.